The highest BCUT2D eigenvalue weighted by Gasteiger charge is 2.30. The van der Waals surface area contributed by atoms with Crippen molar-refractivity contribution in [2.24, 2.45) is 11.8 Å². The molecule has 7 unspecified atom stereocenters. The monoisotopic (exact) mass is 687 g/mol. The first-order valence-electron chi connectivity index (χ1n) is 18.6. The molecule has 0 N–H and O–H groups in total. The smallest absolute Gasteiger partial charge is 0.309 e. The fourth-order valence-corrected chi connectivity index (χ4v) is 6.44. The zero-order valence-corrected chi connectivity index (χ0v) is 31.4. The second-order valence-corrected chi connectivity index (χ2v) is 13.8. The van der Waals surface area contributed by atoms with Crippen molar-refractivity contribution < 1.29 is 38.1 Å². The summed E-state index contributed by atoms with van der Waals surface area (Å²) >= 11 is 0. The number of rotatable bonds is 21. The Bertz CT molecular complexity index is 1100. The number of nitrogens with zero attached hydrogens (tertiary/aromatic N) is 1. The minimum absolute atomic E-state index is 0.0219. The maximum atomic E-state index is 12.2. The number of unbranched alkanes of at least 4 members (excludes halogenated alkanes) is 2. The van der Waals surface area contributed by atoms with E-state index in [-0.39, 0.29) is 54.3 Å². The molecule has 49 heavy (non-hydrogen) atoms. The van der Waals surface area contributed by atoms with Gasteiger partial charge in [0.15, 0.2) is 0 Å². The highest BCUT2D eigenvalue weighted by atomic mass is 16.5. The van der Waals surface area contributed by atoms with Crippen molar-refractivity contribution in [2.45, 2.75) is 142 Å². The summed E-state index contributed by atoms with van der Waals surface area (Å²) in [6.07, 6.45) is 24.9. The third kappa shape index (κ3) is 18.7. The molecule has 0 radical (unpaired) electrons. The van der Waals surface area contributed by atoms with Gasteiger partial charge in [-0.1, -0.05) is 55.9 Å². The molecule has 0 bridgehead atoms. The number of carbonyl (C=O) groups is 3. The molecule has 9 nitrogen and oxygen atoms in total. The molecule has 2 aliphatic heterocycles. The van der Waals surface area contributed by atoms with Crippen LogP contribution in [0.1, 0.15) is 112 Å². The van der Waals surface area contributed by atoms with Gasteiger partial charge in [-0.25, -0.2) is 0 Å². The van der Waals surface area contributed by atoms with Gasteiger partial charge in [-0.15, -0.1) is 0 Å². The number of ether oxygens (including phenoxy) is 5. The Morgan fingerprint density at radius 2 is 1.78 bits per heavy atom. The van der Waals surface area contributed by atoms with Crippen LogP contribution in [0.4, 0.5) is 0 Å². The Balaban J connectivity index is 1.78. The summed E-state index contributed by atoms with van der Waals surface area (Å²) in [4.78, 5) is 37.4. The van der Waals surface area contributed by atoms with Gasteiger partial charge in [0.1, 0.15) is 6.10 Å². The minimum atomic E-state index is -0.352. The largest absolute Gasteiger partial charge is 0.469 e. The Morgan fingerprint density at radius 3 is 2.51 bits per heavy atom. The molecule has 0 spiro atoms. The van der Waals surface area contributed by atoms with Gasteiger partial charge in [0.25, 0.3) is 0 Å². The van der Waals surface area contributed by atoms with E-state index < -0.39 is 0 Å². The summed E-state index contributed by atoms with van der Waals surface area (Å²) in [6.45, 7) is 11.6. The molecule has 2 saturated heterocycles. The van der Waals surface area contributed by atoms with Crippen LogP contribution >= 0.6 is 0 Å². The Labute approximate surface area is 296 Å². The number of amides is 1. The van der Waals surface area contributed by atoms with Crippen LogP contribution in [-0.4, -0.2) is 87.2 Å². The quantitative estimate of drug-likeness (QED) is 0.0524. The topological polar surface area (TPSA) is 101 Å². The molecule has 0 saturated carbocycles. The third-order valence-electron chi connectivity index (χ3n) is 9.17. The summed E-state index contributed by atoms with van der Waals surface area (Å²) < 4.78 is 28.6. The number of hydrogen-bond donors (Lipinski definition) is 0. The molecule has 0 aromatic rings. The number of esters is 2. The molecule has 278 valence electrons. The number of carbonyl (C=O) groups excluding carboxylic acids is 3. The number of methoxy groups -OCH3 is 1. The van der Waals surface area contributed by atoms with E-state index in [1.54, 1.807) is 4.90 Å². The standard InChI is InChI=1S/C40H65NO8/c1-8-46-25-24-41(6)39(43)19-14-12-10-9-11-13-18-38(48-33(5)42)31(3)21-20-30(2)26-35-16-15-17-36(49-35)29-37-28-34(27-32(4)47-37)22-23-40(44)45-7/h9,11,13,18,20-22,30-32,35-38H,8,10,12,14-17,19,23-29H2,1-7H3/b11-9-,18-13+,21-20+,34-22+. The van der Waals surface area contributed by atoms with Crippen molar-refractivity contribution in [1.29, 1.82) is 0 Å². The van der Waals surface area contributed by atoms with E-state index in [9.17, 15) is 14.4 Å². The second-order valence-electron chi connectivity index (χ2n) is 13.8. The van der Waals surface area contributed by atoms with Gasteiger partial charge < -0.3 is 28.6 Å². The molecule has 0 aromatic carbocycles. The Morgan fingerprint density at radius 1 is 1.00 bits per heavy atom. The lowest BCUT2D eigenvalue weighted by Gasteiger charge is -2.36. The van der Waals surface area contributed by atoms with Gasteiger partial charge in [-0.05, 0) is 83.6 Å². The molecule has 2 rings (SSSR count). The van der Waals surface area contributed by atoms with E-state index >= 15 is 0 Å². The lowest BCUT2D eigenvalue weighted by molar-refractivity contribution is -0.145. The molecule has 2 heterocycles. The number of hydrogen-bond acceptors (Lipinski definition) is 8. The van der Waals surface area contributed by atoms with E-state index in [1.807, 2.05) is 38.3 Å². The summed E-state index contributed by atoms with van der Waals surface area (Å²) in [5, 5.41) is 0. The fourth-order valence-electron chi connectivity index (χ4n) is 6.44. The highest BCUT2D eigenvalue weighted by Crippen LogP contribution is 2.32. The molecule has 9 heteroatoms. The lowest BCUT2D eigenvalue weighted by Crippen LogP contribution is -2.35. The van der Waals surface area contributed by atoms with Crippen molar-refractivity contribution in [3.8, 4) is 0 Å². The Kier molecular flexibility index (Phi) is 21.1. The fraction of sp³-hybridized carbons (Fsp3) is 0.725. The SMILES string of the molecule is CCOCCN(C)C(=O)CCCC/C=C\C=C\C(OC(C)=O)C(C)/C=C/C(C)CC1CCCC(CC2C/C(=C/CC(=O)OC)CC(C)O2)O1. The van der Waals surface area contributed by atoms with Crippen LogP contribution in [0, 0.1) is 11.8 Å². The number of allylic oxidation sites excluding steroid dienone is 4. The van der Waals surface area contributed by atoms with Crippen molar-refractivity contribution in [2.75, 3.05) is 33.9 Å². The van der Waals surface area contributed by atoms with E-state index in [2.05, 4.69) is 39.0 Å². The Hall–Kier alpha value is -2.75. The van der Waals surface area contributed by atoms with Gasteiger partial charge in [0.05, 0.1) is 44.6 Å². The van der Waals surface area contributed by atoms with Crippen molar-refractivity contribution in [3.63, 3.8) is 0 Å². The first kappa shape index (κ1) is 42.4. The first-order valence-corrected chi connectivity index (χ1v) is 18.6. The van der Waals surface area contributed by atoms with Gasteiger partial charge in [0, 0.05) is 45.9 Å². The normalized spacial score (nSPS) is 24.3. The van der Waals surface area contributed by atoms with Gasteiger partial charge in [-0.2, -0.15) is 0 Å². The van der Waals surface area contributed by atoms with Crippen LogP contribution in [0.3, 0.4) is 0 Å². The zero-order chi connectivity index (χ0) is 36.0. The highest BCUT2D eigenvalue weighted by molar-refractivity contribution is 5.75. The van der Waals surface area contributed by atoms with Crippen LogP contribution in [0.15, 0.2) is 48.1 Å². The average Bonchev–Trinajstić information content (AvgIpc) is 3.06. The molecule has 7 atom stereocenters. The molecular formula is C40H65NO8. The number of likely N-dealkylation sites (N-methyl/N-ethyl adjacent to an activating group) is 1. The summed E-state index contributed by atoms with van der Waals surface area (Å²) in [5.74, 6) is -0.0121. The molecule has 2 fully saturated rings. The molecule has 0 aliphatic carbocycles. The predicted octanol–water partition coefficient (Wildman–Crippen LogP) is 7.69. The average molecular weight is 688 g/mol. The third-order valence-corrected chi connectivity index (χ3v) is 9.17. The minimum Gasteiger partial charge on any atom is -0.469 e. The molecule has 1 amide bonds. The van der Waals surface area contributed by atoms with E-state index in [0.717, 1.165) is 64.2 Å². The van der Waals surface area contributed by atoms with Crippen LogP contribution in [-0.2, 0) is 38.1 Å². The van der Waals surface area contributed by atoms with Crippen molar-refractivity contribution >= 4 is 17.8 Å². The second kappa shape index (κ2) is 24.4. The van der Waals surface area contributed by atoms with Crippen LogP contribution < -0.4 is 0 Å². The maximum absolute atomic E-state index is 12.2. The summed E-state index contributed by atoms with van der Waals surface area (Å²) in [5.41, 5.74) is 1.27. The van der Waals surface area contributed by atoms with Crippen molar-refractivity contribution in [3.05, 3.63) is 48.1 Å². The van der Waals surface area contributed by atoms with Crippen LogP contribution in [0.2, 0.25) is 0 Å². The van der Waals surface area contributed by atoms with E-state index in [1.165, 1.54) is 19.6 Å². The summed E-state index contributed by atoms with van der Waals surface area (Å²) in [6, 6.07) is 0. The molecule has 0 aromatic heterocycles. The van der Waals surface area contributed by atoms with Gasteiger partial charge in [0.2, 0.25) is 5.91 Å². The zero-order valence-electron chi connectivity index (χ0n) is 31.4. The molecule has 2 aliphatic rings. The first-order chi connectivity index (χ1) is 23.5. The van der Waals surface area contributed by atoms with Gasteiger partial charge in [-0.3, -0.25) is 14.4 Å². The van der Waals surface area contributed by atoms with E-state index in [4.69, 9.17) is 23.7 Å². The van der Waals surface area contributed by atoms with Gasteiger partial charge >= 0.3 is 11.9 Å². The molecular weight excluding hydrogens is 622 g/mol. The maximum Gasteiger partial charge on any atom is 0.309 e. The summed E-state index contributed by atoms with van der Waals surface area (Å²) in [7, 11) is 3.25. The lowest BCUT2D eigenvalue weighted by atomic mass is 9.90. The van der Waals surface area contributed by atoms with Crippen LogP contribution in [0.25, 0.3) is 0 Å². The van der Waals surface area contributed by atoms with E-state index in [0.29, 0.717) is 38.5 Å². The van der Waals surface area contributed by atoms with Crippen LogP contribution in [0.5, 0.6) is 0 Å². The van der Waals surface area contributed by atoms with Crippen molar-refractivity contribution in [1.82, 2.24) is 4.90 Å². The predicted molar refractivity (Wildman–Crippen MR) is 194 cm³/mol.